The van der Waals surface area contributed by atoms with E-state index in [1.54, 1.807) is 0 Å². The van der Waals surface area contributed by atoms with Crippen LogP contribution in [0, 0.1) is 11.3 Å². The van der Waals surface area contributed by atoms with Crippen molar-refractivity contribution in [3.63, 3.8) is 0 Å². The predicted octanol–water partition coefficient (Wildman–Crippen LogP) is 2.73. The maximum atomic E-state index is 6.33. The molecule has 3 N–H and O–H groups in total. The highest BCUT2D eigenvalue weighted by molar-refractivity contribution is 5.19. The molecular weight excluding hydrogens is 248 g/mol. The van der Waals surface area contributed by atoms with Crippen molar-refractivity contribution in [1.82, 2.24) is 5.32 Å². The fourth-order valence-electron chi connectivity index (χ4n) is 2.77. The summed E-state index contributed by atoms with van der Waals surface area (Å²) in [6.45, 7) is 8.39. The van der Waals surface area contributed by atoms with Crippen molar-refractivity contribution in [2.75, 3.05) is 26.3 Å². The third kappa shape index (κ3) is 4.30. The van der Waals surface area contributed by atoms with Gasteiger partial charge in [-0.3, -0.25) is 0 Å². The predicted molar refractivity (Wildman–Crippen MR) is 83.6 cm³/mol. The molecule has 0 aliphatic carbocycles. The summed E-state index contributed by atoms with van der Waals surface area (Å²) in [5.41, 5.74) is 7.94. The molecule has 2 atom stereocenters. The van der Waals surface area contributed by atoms with E-state index >= 15 is 0 Å². The van der Waals surface area contributed by atoms with Crippen molar-refractivity contribution < 1.29 is 4.74 Å². The molecule has 1 fully saturated rings. The lowest BCUT2D eigenvalue weighted by Crippen LogP contribution is -2.39. The van der Waals surface area contributed by atoms with Gasteiger partial charge in [0.25, 0.3) is 0 Å². The van der Waals surface area contributed by atoms with Gasteiger partial charge in [-0.1, -0.05) is 44.2 Å². The van der Waals surface area contributed by atoms with Gasteiger partial charge in [0.1, 0.15) is 0 Å². The number of hydrogen-bond donors (Lipinski definition) is 2. The van der Waals surface area contributed by atoms with Gasteiger partial charge in [0.05, 0.1) is 0 Å². The molecule has 0 aromatic heterocycles. The van der Waals surface area contributed by atoms with Gasteiger partial charge in [0.2, 0.25) is 0 Å². The molecule has 20 heavy (non-hydrogen) atoms. The molecule has 0 amide bonds. The van der Waals surface area contributed by atoms with Crippen LogP contribution in [-0.2, 0) is 4.74 Å². The van der Waals surface area contributed by atoms with Crippen LogP contribution in [0.1, 0.15) is 38.3 Å². The highest BCUT2D eigenvalue weighted by Crippen LogP contribution is 2.28. The fourth-order valence-corrected chi connectivity index (χ4v) is 2.77. The molecular formula is C17H28N2O. The van der Waals surface area contributed by atoms with Gasteiger partial charge in [-0.05, 0) is 36.3 Å². The highest BCUT2D eigenvalue weighted by atomic mass is 16.5. The topological polar surface area (TPSA) is 47.3 Å². The first-order valence-corrected chi connectivity index (χ1v) is 7.70. The summed E-state index contributed by atoms with van der Waals surface area (Å²) < 4.78 is 5.44. The average Bonchev–Trinajstić information content (AvgIpc) is 2.48. The minimum atomic E-state index is 0.103. The van der Waals surface area contributed by atoms with Crippen LogP contribution in [0.3, 0.4) is 0 Å². The van der Waals surface area contributed by atoms with E-state index < -0.39 is 0 Å². The number of nitrogens with two attached hydrogens (primary N) is 1. The summed E-state index contributed by atoms with van der Waals surface area (Å²) >= 11 is 0. The summed E-state index contributed by atoms with van der Waals surface area (Å²) in [7, 11) is 0. The van der Waals surface area contributed by atoms with Crippen LogP contribution in [-0.4, -0.2) is 26.3 Å². The Morgan fingerprint density at radius 3 is 2.55 bits per heavy atom. The van der Waals surface area contributed by atoms with E-state index in [0.29, 0.717) is 11.3 Å². The Bertz CT molecular complexity index is 387. The van der Waals surface area contributed by atoms with Crippen LogP contribution in [0.25, 0.3) is 0 Å². The monoisotopic (exact) mass is 276 g/mol. The molecule has 1 aliphatic heterocycles. The zero-order valence-corrected chi connectivity index (χ0v) is 12.8. The maximum Gasteiger partial charge on any atom is 0.0471 e. The largest absolute Gasteiger partial charge is 0.381 e. The molecule has 1 saturated heterocycles. The molecule has 0 radical (unpaired) electrons. The molecule has 1 heterocycles. The Balaban J connectivity index is 1.76. The van der Waals surface area contributed by atoms with E-state index in [0.717, 1.165) is 39.1 Å². The number of benzene rings is 1. The first-order valence-electron chi connectivity index (χ1n) is 7.70. The van der Waals surface area contributed by atoms with Crippen molar-refractivity contribution in [3.05, 3.63) is 35.9 Å². The van der Waals surface area contributed by atoms with Crippen molar-refractivity contribution in [2.24, 2.45) is 17.1 Å². The molecule has 0 bridgehead atoms. The summed E-state index contributed by atoms with van der Waals surface area (Å²) in [6, 6.07) is 10.5. The molecule has 3 nitrogen and oxygen atoms in total. The quantitative estimate of drug-likeness (QED) is 0.840. The van der Waals surface area contributed by atoms with Crippen molar-refractivity contribution in [2.45, 2.75) is 32.7 Å². The number of ether oxygens (including phenoxy) is 1. The van der Waals surface area contributed by atoms with Crippen LogP contribution in [0.5, 0.6) is 0 Å². The number of nitrogens with one attached hydrogen (secondary N) is 1. The van der Waals surface area contributed by atoms with Gasteiger partial charge in [-0.25, -0.2) is 0 Å². The molecule has 112 valence electrons. The van der Waals surface area contributed by atoms with Crippen LogP contribution in [0.15, 0.2) is 30.3 Å². The molecule has 3 heteroatoms. The first kappa shape index (κ1) is 15.5. The molecule has 1 aromatic rings. The van der Waals surface area contributed by atoms with E-state index in [-0.39, 0.29) is 6.04 Å². The van der Waals surface area contributed by atoms with E-state index in [1.807, 2.05) is 6.07 Å². The van der Waals surface area contributed by atoms with E-state index in [1.165, 1.54) is 5.56 Å². The minimum absolute atomic E-state index is 0.103. The van der Waals surface area contributed by atoms with Crippen LogP contribution in [0.4, 0.5) is 0 Å². The lowest BCUT2D eigenvalue weighted by atomic mass is 9.82. The van der Waals surface area contributed by atoms with Crippen molar-refractivity contribution in [3.8, 4) is 0 Å². The second kappa shape index (κ2) is 7.21. The van der Waals surface area contributed by atoms with Gasteiger partial charge >= 0.3 is 0 Å². The third-order valence-corrected chi connectivity index (χ3v) is 4.52. The SMILES string of the molecule is CC(CNCC1(C)CCOCC1)C(N)c1ccccc1. The average molecular weight is 276 g/mol. The summed E-state index contributed by atoms with van der Waals surface area (Å²) in [5, 5.41) is 3.61. The first-order chi connectivity index (χ1) is 9.61. The Morgan fingerprint density at radius 1 is 1.25 bits per heavy atom. The van der Waals surface area contributed by atoms with E-state index in [4.69, 9.17) is 10.5 Å². The molecule has 2 rings (SSSR count). The van der Waals surface area contributed by atoms with Gasteiger partial charge in [0.15, 0.2) is 0 Å². The Labute approximate surface area is 122 Å². The third-order valence-electron chi connectivity index (χ3n) is 4.52. The normalized spacial score (nSPS) is 21.4. The van der Waals surface area contributed by atoms with Crippen molar-refractivity contribution in [1.29, 1.82) is 0 Å². The molecule has 1 aliphatic rings. The zero-order valence-electron chi connectivity index (χ0n) is 12.8. The molecule has 1 aromatic carbocycles. The lowest BCUT2D eigenvalue weighted by Gasteiger charge is -2.34. The second-order valence-electron chi connectivity index (χ2n) is 6.47. The zero-order chi connectivity index (χ0) is 14.4. The van der Waals surface area contributed by atoms with Crippen LogP contribution >= 0.6 is 0 Å². The number of rotatable bonds is 6. The minimum Gasteiger partial charge on any atom is -0.381 e. The van der Waals surface area contributed by atoms with Gasteiger partial charge in [0, 0.05) is 25.8 Å². The Morgan fingerprint density at radius 2 is 1.90 bits per heavy atom. The Hall–Kier alpha value is -0.900. The second-order valence-corrected chi connectivity index (χ2v) is 6.47. The smallest absolute Gasteiger partial charge is 0.0471 e. The van der Waals surface area contributed by atoms with Crippen molar-refractivity contribution >= 4 is 0 Å². The van der Waals surface area contributed by atoms with E-state index in [9.17, 15) is 0 Å². The lowest BCUT2D eigenvalue weighted by molar-refractivity contribution is 0.0237. The van der Waals surface area contributed by atoms with Gasteiger partial charge < -0.3 is 15.8 Å². The van der Waals surface area contributed by atoms with E-state index in [2.05, 4.69) is 43.4 Å². The Kier molecular flexibility index (Phi) is 5.58. The molecule has 0 saturated carbocycles. The van der Waals surface area contributed by atoms with Gasteiger partial charge in [-0.15, -0.1) is 0 Å². The summed E-state index contributed by atoms with van der Waals surface area (Å²) in [6.07, 6.45) is 2.30. The molecule has 0 spiro atoms. The summed E-state index contributed by atoms with van der Waals surface area (Å²) in [5.74, 6) is 0.431. The van der Waals surface area contributed by atoms with Crippen LogP contribution < -0.4 is 11.1 Å². The molecule has 2 unspecified atom stereocenters. The maximum absolute atomic E-state index is 6.33. The van der Waals surface area contributed by atoms with Crippen LogP contribution in [0.2, 0.25) is 0 Å². The fraction of sp³-hybridized carbons (Fsp3) is 0.647. The number of hydrogen-bond acceptors (Lipinski definition) is 3. The summed E-state index contributed by atoms with van der Waals surface area (Å²) in [4.78, 5) is 0. The van der Waals surface area contributed by atoms with Gasteiger partial charge in [-0.2, -0.15) is 0 Å². The highest BCUT2D eigenvalue weighted by Gasteiger charge is 2.27. The standard InChI is InChI=1S/C17H28N2O/c1-14(16(18)15-6-4-3-5-7-15)12-19-13-17(2)8-10-20-11-9-17/h3-7,14,16,19H,8-13,18H2,1-2H3.